The average molecular weight is 348 g/mol. The van der Waals surface area contributed by atoms with Crippen LogP contribution in [0.1, 0.15) is 29.6 Å². The first-order valence-electron chi connectivity index (χ1n) is 7.93. The molecule has 0 saturated carbocycles. The summed E-state index contributed by atoms with van der Waals surface area (Å²) in [6.45, 7) is 3.22. The van der Waals surface area contributed by atoms with E-state index in [1.165, 1.54) is 6.07 Å². The van der Waals surface area contributed by atoms with Crippen LogP contribution in [0, 0.1) is 6.92 Å². The topological polar surface area (TPSA) is 55.1 Å². The van der Waals surface area contributed by atoms with E-state index in [1.807, 2.05) is 6.07 Å². The van der Waals surface area contributed by atoms with Crippen molar-refractivity contribution in [1.82, 2.24) is 15.1 Å². The van der Waals surface area contributed by atoms with Crippen molar-refractivity contribution in [2.45, 2.75) is 25.4 Å². The summed E-state index contributed by atoms with van der Waals surface area (Å²) in [6.07, 6.45) is -1.98. The van der Waals surface area contributed by atoms with E-state index in [9.17, 15) is 13.2 Å². The first-order chi connectivity index (χ1) is 11.9. The third-order valence-corrected chi connectivity index (χ3v) is 4.47. The van der Waals surface area contributed by atoms with Crippen LogP contribution in [-0.4, -0.2) is 28.2 Å². The Kier molecular flexibility index (Phi) is 3.63. The summed E-state index contributed by atoms with van der Waals surface area (Å²) in [5.41, 5.74) is 0.521. The lowest BCUT2D eigenvalue weighted by molar-refractivity contribution is -0.137. The zero-order valence-electron chi connectivity index (χ0n) is 13.4. The van der Waals surface area contributed by atoms with Crippen molar-refractivity contribution < 1.29 is 17.7 Å². The molecule has 0 spiro atoms. The van der Waals surface area contributed by atoms with Crippen LogP contribution in [0.5, 0.6) is 0 Å². The molecule has 1 saturated heterocycles. The molecule has 5 nitrogen and oxygen atoms in total. The maximum Gasteiger partial charge on any atom is 0.416 e. The van der Waals surface area contributed by atoms with E-state index >= 15 is 0 Å². The summed E-state index contributed by atoms with van der Waals surface area (Å²) >= 11 is 0. The van der Waals surface area contributed by atoms with Gasteiger partial charge < -0.3 is 9.42 Å². The number of rotatable bonds is 2. The van der Waals surface area contributed by atoms with Crippen LogP contribution >= 0.6 is 0 Å². The van der Waals surface area contributed by atoms with Crippen molar-refractivity contribution >= 4 is 16.6 Å². The molecule has 1 fully saturated rings. The van der Waals surface area contributed by atoms with Gasteiger partial charge in [0.05, 0.1) is 17.0 Å². The van der Waals surface area contributed by atoms with E-state index in [-0.39, 0.29) is 5.92 Å². The molecule has 0 aliphatic carbocycles. The number of hydrogen-bond acceptors (Lipinski definition) is 5. The zero-order valence-corrected chi connectivity index (χ0v) is 13.4. The Balaban J connectivity index is 1.66. The number of halogens is 3. The Morgan fingerprint density at radius 1 is 1.24 bits per heavy atom. The summed E-state index contributed by atoms with van der Waals surface area (Å²) in [6, 6.07) is 5.51. The standard InChI is InChI=1S/C17H15F3N4O/c1-10-22-16(25-23-10)11-5-7-24(9-11)15-4-6-21-14-8-12(17(18,19)20)2-3-13(14)15/h2-4,6,8,11H,5,7,9H2,1H3. The van der Waals surface area contributed by atoms with Gasteiger partial charge in [-0.05, 0) is 31.5 Å². The van der Waals surface area contributed by atoms with Gasteiger partial charge in [-0.2, -0.15) is 18.2 Å². The highest BCUT2D eigenvalue weighted by atomic mass is 19.4. The minimum absolute atomic E-state index is 0.124. The SMILES string of the molecule is Cc1noc(C2CCN(c3ccnc4cc(C(F)(F)F)ccc34)C2)n1. The quantitative estimate of drug-likeness (QED) is 0.702. The molecule has 0 radical (unpaired) electrons. The van der Waals surface area contributed by atoms with Crippen LogP contribution in [-0.2, 0) is 6.18 Å². The van der Waals surface area contributed by atoms with E-state index < -0.39 is 11.7 Å². The van der Waals surface area contributed by atoms with Gasteiger partial charge in [-0.25, -0.2) is 0 Å². The van der Waals surface area contributed by atoms with Gasteiger partial charge in [-0.1, -0.05) is 11.2 Å². The number of aromatic nitrogens is 3. The van der Waals surface area contributed by atoms with E-state index in [4.69, 9.17) is 4.52 Å². The predicted molar refractivity (Wildman–Crippen MR) is 85.4 cm³/mol. The number of fused-ring (bicyclic) bond motifs is 1. The maximum absolute atomic E-state index is 12.9. The van der Waals surface area contributed by atoms with E-state index in [2.05, 4.69) is 20.0 Å². The van der Waals surface area contributed by atoms with E-state index in [0.29, 0.717) is 29.2 Å². The van der Waals surface area contributed by atoms with Gasteiger partial charge in [0.15, 0.2) is 5.82 Å². The molecule has 1 atom stereocenters. The highest BCUT2D eigenvalue weighted by Gasteiger charge is 2.32. The van der Waals surface area contributed by atoms with Crippen molar-refractivity contribution in [3.05, 3.63) is 47.7 Å². The van der Waals surface area contributed by atoms with Gasteiger partial charge in [0.25, 0.3) is 0 Å². The third kappa shape index (κ3) is 2.92. The Hall–Kier alpha value is -2.64. The fraction of sp³-hybridized carbons (Fsp3) is 0.353. The normalized spacial score (nSPS) is 18.2. The van der Waals surface area contributed by atoms with Gasteiger partial charge >= 0.3 is 6.18 Å². The number of alkyl halides is 3. The molecule has 25 heavy (non-hydrogen) atoms. The fourth-order valence-electron chi connectivity index (χ4n) is 3.24. The van der Waals surface area contributed by atoms with Crippen LogP contribution in [0.2, 0.25) is 0 Å². The third-order valence-electron chi connectivity index (χ3n) is 4.47. The molecule has 0 amide bonds. The van der Waals surface area contributed by atoms with Crippen molar-refractivity contribution in [2.24, 2.45) is 0 Å². The lowest BCUT2D eigenvalue weighted by Gasteiger charge is -2.20. The summed E-state index contributed by atoms with van der Waals surface area (Å²) in [7, 11) is 0. The fourth-order valence-corrected chi connectivity index (χ4v) is 3.24. The van der Waals surface area contributed by atoms with Crippen LogP contribution in [0.15, 0.2) is 35.0 Å². The van der Waals surface area contributed by atoms with Gasteiger partial charge in [0.2, 0.25) is 5.89 Å². The molecule has 1 unspecified atom stereocenters. The highest BCUT2D eigenvalue weighted by molar-refractivity contribution is 5.92. The van der Waals surface area contributed by atoms with Gasteiger partial charge in [-0.3, -0.25) is 4.98 Å². The molecule has 4 rings (SSSR count). The smallest absolute Gasteiger partial charge is 0.370 e. The number of nitrogens with zero attached hydrogens (tertiary/aromatic N) is 4. The zero-order chi connectivity index (χ0) is 17.6. The molecule has 3 heterocycles. The second-order valence-corrected chi connectivity index (χ2v) is 6.17. The largest absolute Gasteiger partial charge is 0.416 e. The van der Waals surface area contributed by atoms with Crippen molar-refractivity contribution in [2.75, 3.05) is 18.0 Å². The number of aryl methyl sites for hydroxylation is 1. The minimum atomic E-state index is -4.37. The summed E-state index contributed by atoms with van der Waals surface area (Å²) in [5.74, 6) is 1.33. The van der Waals surface area contributed by atoms with Crippen molar-refractivity contribution in [3.8, 4) is 0 Å². The lowest BCUT2D eigenvalue weighted by atomic mass is 10.1. The summed E-state index contributed by atoms with van der Waals surface area (Å²) in [4.78, 5) is 10.5. The van der Waals surface area contributed by atoms with Crippen molar-refractivity contribution in [1.29, 1.82) is 0 Å². The maximum atomic E-state index is 12.9. The minimum Gasteiger partial charge on any atom is -0.370 e. The Morgan fingerprint density at radius 2 is 2.08 bits per heavy atom. The number of hydrogen-bond donors (Lipinski definition) is 0. The van der Waals surface area contributed by atoms with Gasteiger partial charge in [0.1, 0.15) is 0 Å². The Bertz CT molecular complexity index is 922. The van der Waals surface area contributed by atoms with Gasteiger partial charge in [0, 0.05) is 30.4 Å². The lowest BCUT2D eigenvalue weighted by Crippen LogP contribution is -2.19. The molecule has 2 aromatic heterocycles. The number of benzene rings is 1. The number of anilines is 1. The molecule has 0 N–H and O–H groups in total. The Labute approximate surface area is 141 Å². The molecule has 8 heteroatoms. The number of pyridine rings is 1. The van der Waals surface area contributed by atoms with Crippen LogP contribution in [0.4, 0.5) is 18.9 Å². The molecular formula is C17H15F3N4O. The molecule has 1 aromatic carbocycles. The van der Waals surface area contributed by atoms with Crippen LogP contribution < -0.4 is 4.90 Å². The van der Waals surface area contributed by atoms with E-state index in [1.54, 1.807) is 13.1 Å². The molecule has 130 valence electrons. The van der Waals surface area contributed by atoms with E-state index in [0.717, 1.165) is 30.8 Å². The van der Waals surface area contributed by atoms with Gasteiger partial charge in [-0.15, -0.1) is 0 Å². The summed E-state index contributed by atoms with van der Waals surface area (Å²) < 4.78 is 43.9. The molecule has 1 aliphatic rings. The predicted octanol–water partition coefficient (Wildman–Crippen LogP) is 3.94. The molecular weight excluding hydrogens is 333 g/mol. The molecule has 0 bridgehead atoms. The second kappa shape index (κ2) is 5.72. The average Bonchev–Trinajstić information content (AvgIpc) is 3.21. The van der Waals surface area contributed by atoms with Crippen LogP contribution in [0.3, 0.4) is 0 Å². The first-order valence-corrected chi connectivity index (χ1v) is 7.93. The second-order valence-electron chi connectivity index (χ2n) is 6.17. The first kappa shape index (κ1) is 15.9. The molecule has 1 aliphatic heterocycles. The van der Waals surface area contributed by atoms with Crippen molar-refractivity contribution in [3.63, 3.8) is 0 Å². The highest BCUT2D eigenvalue weighted by Crippen LogP contribution is 2.36. The monoisotopic (exact) mass is 348 g/mol. The summed E-state index contributed by atoms with van der Waals surface area (Å²) in [5, 5.41) is 4.53. The molecule has 3 aromatic rings. The van der Waals surface area contributed by atoms with Crippen LogP contribution in [0.25, 0.3) is 10.9 Å². The Morgan fingerprint density at radius 3 is 2.80 bits per heavy atom.